The molecule has 1 saturated carbocycles. The molecule has 2 atom stereocenters. The highest BCUT2D eigenvalue weighted by Gasteiger charge is 2.34. The molecular formula is C34H54N8. The van der Waals surface area contributed by atoms with E-state index in [9.17, 15) is 0 Å². The molecule has 1 fully saturated rings. The largest absolute Gasteiger partial charge is 0.370 e. The van der Waals surface area contributed by atoms with Crippen molar-refractivity contribution in [1.29, 1.82) is 0 Å². The van der Waals surface area contributed by atoms with Crippen LogP contribution in [0.4, 0.5) is 23.5 Å². The molecule has 42 heavy (non-hydrogen) atoms. The molecule has 4 rings (SSSR count). The zero-order valence-corrected chi connectivity index (χ0v) is 26.5. The summed E-state index contributed by atoms with van der Waals surface area (Å²) >= 11 is 0. The Morgan fingerprint density at radius 3 is 1.74 bits per heavy atom. The van der Waals surface area contributed by atoms with Crippen molar-refractivity contribution >= 4 is 23.5 Å². The first-order valence-corrected chi connectivity index (χ1v) is 16.4. The van der Waals surface area contributed by atoms with Gasteiger partial charge in [0.15, 0.2) is 0 Å². The predicted octanol–water partition coefficient (Wildman–Crippen LogP) is 8.46. The molecule has 0 aliphatic heterocycles. The summed E-state index contributed by atoms with van der Waals surface area (Å²) in [4.78, 5) is 18.1. The molecule has 8 nitrogen and oxygen atoms in total. The molecule has 0 bridgehead atoms. The Kier molecular flexibility index (Phi) is 15.5. The molecule has 1 unspecified atom stereocenters. The van der Waals surface area contributed by atoms with Crippen LogP contribution >= 0.6 is 0 Å². The SMILES string of the molecule is CCCCNc1cc([C@H]2CCC2c2ccccc2)nc(NCCCC)n1.CCCCNc1ccnc(NCCCC)n1. The number of rotatable bonds is 18. The fourth-order valence-corrected chi connectivity index (χ4v) is 4.86. The number of aromatic nitrogens is 4. The minimum atomic E-state index is 0.499. The lowest BCUT2D eigenvalue weighted by atomic mass is 9.68. The molecular weight excluding hydrogens is 520 g/mol. The summed E-state index contributed by atoms with van der Waals surface area (Å²) in [5.41, 5.74) is 2.61. The van der Waals surface area contributed by atoms with Gasteiger partial charge < -0.3 is 21.3 Å². The quantitative estimate of drug-likeness (QED) is 0.112. The fraction of sp³-hybridized carbons (Fsp3) is 0.588. The fourth-order valence-electron chi connectivity index (χ4n) is 4.86. The van der Waals surface area contributed by atoms with Crippen LogP contribution in [0.25, 0.3) is 0 Å². The van der Waals surface area contributed by atoms with E-state index in [1.54, 1.807) is 6.20 Å². The van der Waals surface area contributed by atoms with Crippen LogP contribution in [-0.4, -0.2) is 46.1 Å². The Hall–Kier alpha value is -3.42. The molecule has 0 saturated heterocycles. The highest BCUT2D eigenvalue weighted by molar-refractivity contribution is 5.45. The van der Waals surface area contributed by atoms with Gasteiger partial charge in [0.05, 0.1) is 5.69 Å². The third kappa shape index (κ3) is 11.5. The third-order valence-corrected chi connectivity index (χ3v) is 7.58. The van der Waals surface area contributed by atoms with Crippen LogP contribution in [0.3, 0.4) is 0 Å². The van der Waals surface area contributed by atoms with Gasteiger partial charge in [-0.05, 0) is 56.1 Å². The lowest BCUT2D eigenvalue weighted by Crippen LogP contribution is -2.23. The molecule has 0 radical (unpaired) electrons. The van der Waals surface area contributed by atoms with E-state index in [1.165, 1.54) is 56.2 Å². The second-order valence-corrected chi connectivity index (χ2v) is 11.1. The van der Waals surface area contributed by atoms with Crippen LogP contribution in [-0.2, 0) is 0 Å². The van der Waals surface area contributed by atoms with Gasteiger partial charge in [-0.3, -0.25) is 0 Å². The Bertz CT molecular complexity index is 1070. The summed E-state index contributed by atoms with van der Waals surface area (Å²) in [7, 11) is 0. The van der Waals surface area contributed by atoms with Crippen molar-refractivity contribution < 1.29 is 0 Å². The molecule has 1 aliphatic rings. The minimum Gasteiger partial charge on any atom is -0.370 e. The lowest BCUT2D eigenvalue weighted by molar-refractivity contribution is 0.340. The second kappa shape index (κ2) is 19.7. The first-order chi connectivity index (χ1) is 20.7. The lowest BCUT2D eigenvalue weighted by Gasteiger charge is -2.37. The number of hydrogen-bond acceptors (Lipinski definition) is 8. The van der Waals surface area contributed by atoms with Crippen molar-refractivity contribution in [3.8, 4) is 0 Å². The number of benzene rings is 1. The zero-order chi connectivity index (χ0) is 29.8. The van der Waals surface area contributed by atoms with E-state index in [0.29, 0.717) is 11.8 Å². The summed E-state index contributed by atoms with van der Waals surface area (Å²) in [6.07, 6.45) is 13.6. The van der Waals surface area contributed by atoms with Crippen molar-refractivity contribution in [1.82, 2.24) is 19.9 Å². The monoisotopic (exact) mass is 574 g/mol. The van der Waals surface area contributed by atoms with Crippen LogP contribution in [0.1, 0.15) is 115 Å². The molecule has 2 heterocycles. The van der Waals surface area contributed by atoms with Gasteiger partial charge in [-0.1, -0.05) is 83.7 Å². The highest BCUT2D eigenvalue weighted by atomic mass is 15.1. The number of nitrogens with zero attached hydrogens (tertiary/aromatic N) is 4. The van der Waals surface area contributed by atoms with Crippen LogP contribution < -0.4 is 21.3 Å². The topological polar surface area (TPSA) is 99.7 Å². The van der Waals surface area contributed by atoms with Gasteiger partial charge in [0.1, 0.15) is 11.6 Å². The molecule has 1 aliphatic carbocycles. The van der Waals surface area contributed by atoms with E-state index in [-0.39, 0.29) is 0 Å². The van der Waals surface area contributed by atoms with Gasteiger partial charge in [-0.25, -0.2) is 9.97 Å². The van der Waals surface area contributed by atoms with E-state index >= 15 is 0 Å². The Labute approximate surface area is 254 Å². The number of hydrogen-bond donors (Lipinski definition) is 4. The van der Waals surface area contributed by atoms with Gasteiger partial charge in [-0.2, -0.15) is 9.97 Å². The molecule has 2 aromatic heterocycles. The van der Waals surface area contributed by atoms with Gasteiger partial charge in [0.25, 0.3) is 0 Å². The molecule has 8 heteroatoms. The maximum absolute atomic E-state index is 4.87. The summed E-state index contributed by atoms with van der Waals surface area (Å²) in [5, 5.41) is 13.4. The predicted molar refractivity (Wildman–Crippen MR) is 179 cm³/mol. The smallest absolute Gasteiger partial charge is 0.224 e. The van der Waals surface area contributed by atoms with Crippen LogP contribution in [0.2, 0.25) is 0 Å². The van der Waals surface area contributed by atoms with Gasteiger partial charge >= 0.3 is 0 Å². The van der Waals surface area contributed by atoms with Crippen molar-refractivity contribution in [3.63, 3.8) is 0 Å². The minimum absolute atomic E-state index is 0.499. The summed E-state index contributed by atoms with van der Waals surface area (Å²) < 4.78 is 0. The zero-order valence-electron chi connectivity index (χ0n) is 26.5. The molecule has 1 aromatic carbocycles. The number of nitrogens with one attached hydrogen (secondary N) is 4. The van der Waals surface area contributed by atoms with Crippen molar-refractivity contribution in [3.05, 3.63) is 59.9 Å². The van der Waals surface area contributed by atoms with Crippen molar-refractivity contribution in [2.45, 2.75) is 104 Å². The van der Waals surface area contributed by atoms with Gasteiger partial charge in [0, 0.05) is 44.4 Å². The van der Waals surface area contributed by atoms with Crippen molar-refractivity contribution in [2.24, 2.45) is 0 Å². The molecule has 0 spiro atoms. The van der Waals surface area contributed by atoms with E-state index in [4.69, 9.17) is 4.98 Å². The van der Waals surface area contributed by atoms with Crippen LogP contribution in [0.5, 0.6) is 0 Å². The van der Waals surface area contributed by atoms with Crippen LogP contribution in [0, 0.1) is 0 Å². The molecule has 4 N–H and O–H groups in total. The molecule has 3 aromatic rings. The maximum Gasteiger partial charge on any atom is 0.224 e. The summed E-state index contributed by atoms with van der Waals surface area (Å²) in [5.74, 6) is 4.43. The van der Waals surface area contributed by atoms with Crippen LogP contribution in [0.15, 0.2) is 48.7 Å². The Balaban J connectivity index is 0.000000260. The normalized spacial score (nSPS) is 15.6. The van der Waals surface area contributed by atoms with Crippen molar-refractivity contribution in [2.75, 3.05) is 47.4 Å². The number of unbranched alkanes of at least 4 members (excludes halogenated alkanes) is 4. The first kappa shape index (κ1) is 33.1. The summed E-state index contributed by atoms with van der Waals surface area (Å²) in [6, 6.07) is 14.9. The van der Waals surface area contributed by atoms with E-state index in [1.807, 2.05) is 6.07 Å². The van der Waals surface area contributed by atoms with Gasteiger partial charge in [-0.15, -0.1) is 0 Å². The van der Waals surface area contributed by atoms with E-state index in [2.05, 4.69) is 100 Å². The molecule has 0 amide bonds. The van der Waals surface area contributed by atoms with E-state index < -0.39 is 0 Å². The second-order valence-electron chi connectivity index (χ2n) is 11.1. The first-order valence-electron chi connectivity index (χ1n) is 16.4. The molecule has 230 valence electrons. The summed E-state index contributed by atoms with van der Waals surface area (Å²) in [6.45, 7) is 12.6. The number of anilines is 4. The average molecular weight is 575 g/mol. The third-order valence-electron chi connectivity index (χ3n) is 7.58. The standard InChI is InChI=1S/C22H32N4.C12H22N4/c1-3-5-14-23-21-16-20(25-22(26-21)24-15-6-4-2)19-13-12-18(19)17-10-8-7-9-11-17;1-3-5-8-13-11-7-10-15-12(16-11)14-9-6-4-2/h7-11,16,18-19H,3-6,12-15H2,1-2H3,(H2,23,24,25,26);7,10H,3-6,8-9H2,1-2H3,(H2,13,14,15,16)/t18?,19-;/m0./s1. The van der Waals surface area contributed by atoms with E-state index in [0.717, 1.165) is 69.0 Å². The van der Waals surface area contributed by atoms with Gasteiger partial charge in [0.2, 0.25) is 11.9 Å². The Morgan fingerprint density at radius 2 is 1.14 bits per heavy atom. The Morgan fingerprint density at radius 1 is 0.595 bits per heavy atom. The maximum atomic E-state index is 4.87. The average Bonchev–Trinajstić information content (AvgIpc) is 2.98. The highest BCUT2D eigenvalue weighted by Crippen LogP contribution is 2.48.